The number of pyridine rings is 1. The summed E-state index contributed by atoms with van der Waals surface area (Å²) in [4.78, 5) is 20.0. The fourth-order valence-electron chi connectivity index (χ4n) is 4.83. The van der Waals surface area contributed by atoms with Crippen molar-refractivity contribution in [3.8, 4) is 17.2 Å². The maximum Gasteiger partial charge on any atom is 0.298 e. The molecule has 0 fully saturated rings. The third kappa shape index (κ3) is 6.61. The van der Waals surface area contributed by atoms with Crippen molar-refractivity contribution in [3.05, 3.63) is 83.7 Å². The molecule has 1 aliphatic rings. The Kier molecular flexibility index (Phi) is 8.35. The van der Waals surface area contributed by atoms with E-state index in [1.54, 1.807) is 19.5 Å². The van der Waals surface area contributed by atoms with Gasteiger partial charge in [0.05, 0.1) is 25.0 Å². The number of carbonyl (C=O) groups excluding carboxylic acids is 1. The van der Waals surface area contributed by atoms with Gasteiger partial charge >= 0.3 is 0 Å². The van der Waals surface area contributed by atoms with E-state index in [1.165, 1.54) is 5.56 Å². The second-order valence-corrected chi connectivity index (χ2v) is 15.4. The summed E-state index contributed by atoms with van der Waals surface area (Å²) in [5.41, 5.74) is 8.68. The molecule has 0 aliphatic carbocycles. The number of methoxy groups -OCH3 is 1. The van der Waals surface area contributed by atoms with Crippen molar-refractivity contribution >= 4 is 25.4 Å². The van der Waals surface area contributed by atoms with Crippen LogP contribution >= 0.6 is 0 Å². The van der Waals surface area contributed by atoms with Gasteiger partial charge in [-0.2, -0.15) is 0 Å². The van der Waals surface area contributed by atoms with Crippen molar-refractivity contribution in [1.29, 1.82) is 0 Å². The first kappa shape index (κ1) is 26.5. The Hall–Kier alpha value is -3.56. The van der Waals surface area contributed by atoms with Crippen LogP contribution in [0.3, 0.4) is 0 Å². The smallest absolute Gasteiger partial charge is 0.298 e. The highest BCUT2D eigenvalue weighted by Gasteiger charge is 2.38. The van der Waals surface area contributed by atoms with Crippen molar-refractivity contribution in [3.63, 3.8) is 0 Å². The molecule has 2 heterocycles. The molecule has 1 N–H and O–H groups in total. The Morgan fingerprint density at radius 1 is 1.14 bits per heavy atom. The molecule has 0 spiro atoms. The molecular weight excluding hydrogens is 474 g/mol. The molecule has 0 bridgehead atoms. The van der Waals surface area contributed by atoms with E-state index in [9.17, 15) is 4.79 Å². The third-order valence-corrected chi connectivity index (χ3v) is 7.49. The van der Waals surface area contributed by atoms with Crippen LogP contribution in [0.5, 0.6) is 5.75 Å². The molecule has 0 saturated carbocycles. The van der Waals surface area contributed by atoms with Crippen LogP contribution in [-0.4, -0.2) is 37.0 Å². The van der Waals surface area contributed by atoms with Crippen molar-refractivity contribution in [2.45, 2.75) is 64.3 Å². The van der Waals surface area contributed by atoms with Crippen molar-refractivity contribution in [1.82, 2.24) is 9.88 Å². The number of nitrogens with one attached hydrogen (secondary N) is 1. The van der Waals surface area contributed by atoms with E-state index in [0.717, 1.165) is 53.9 Å². The molecule has 192 valence electrons. The summed E-state index contributed by atoms with van der Waals surface area (Å²) >= 11 is 0. The van der Waals surface area contributed by atoms with Crippen molar-refractivity contribution in [2.24, 2.45) is 0 Å². The number of benzene rings is 2. The highest BCUT2D eigenvalue weighted by molar-refractivity contribution is 6.84. The summed E-state index contributed by atoms with van der Waals surface area (Å²) in [6.07, 6.45) is 7.47. The Balaban J connectivity index is 1.77. The number of carbonyl (C=O) groups is 1. The molecule has 3 aromatic rings. The van der Waals surface area contributed by atoms with Crippen LogP contribution in [0.25, 0.3) is 0 Å². The monoisotopic (exact) mass is 511 g/mol. The zero-order chi connectivity index (χ0) is 26.4. The minimum atomic E-state index is -1.70. The topological polar surface area (TPSA) is 54.5 Å². The van der Waals surface area contributed by atoms with Gasteiger partial charge in [-0.25, -0.2) is 0 Å². The van der Waals surface area contributed by atoms with Crippen molar-refractivity contribution in [2.75, 3.05) is 12.4 Å². The summed E-state index contributed by atoms with van der Waals surface area (Å²) in [6.45, 7) is 8.71. The van der Waals surface area contributed by atoms with E-state index in [1.807, 2.05) is 18.2 Å². The fraction of sp³-hybridized carbons (Fsp3) is 0.355. The number of hydrogen-bond donors (Lipinski definition) is 1. The summed E-state index contributed by atoms with van der Waals surface area (Å²) in [7, 11) is 0.00129. The van der Waals surface area contributed by atoms with E-state index < -0.39 is 8.07 Å². The lowest BCUT2D eigenvalue weighted by atomic mass is 9.83. The van der Waals surface area contributed by atoms with Gasteiger partial charge in [-0.05, 0) is 71.9 Å². The van der Waals surface area contributed by atoms with Crippen LogP contribution in [0.1, 0.15) is 48.9 Å². The van der Waals surface area contributed by atoms with E-state index >= 15 is 0 Å². The number of aromatic nitrogens is 1. The van der Waals surface area contributed by atoms with E-state index in [-0.39, 0.29) is 18.0 Å². The van der Waals surface area contributed by atoms with Gasteiger partial charge in [0.1, 0.15) is 13.8 Å². The van der Waals surface area contributed by atoms with Crippen LogP contribution in [-0.2, 0) is 11.2 Å². The minimum absolute atomic E-state index is 0.0763. The molecular formula is C31H37N3O2Si. The van der Waals surface area contributed by atoms with Gasteiger partial charge < -0.3 is 15.0 Å². The number of fused-ring (bicyclic) bond motifs is 1. The quantitative estimate of drug-likeness (QED) is 0.282. The molecule has 2 atom stereocenters. The first-order valence-corrected chi connectivity index (χ1v) is 16.6. The maximum absolute atomic E-state index is 13.8. The molecule has 1 aromatic heterocycles. The lowest BCUT2D eigenvalue weighted by molar-refractivity contribution is -0.130. The standard InChI is InChI=1S/C31H37N3O2Si/c1-6-7-10-27-20-24-21-28(36-2)15-16-29(24)31(34(27)30(35)17-19-37(3,4)5)23-11-13-25(14-12-23)33-26-9-8-18-32-22-26/h8-9,11-16,18,21-22,27,31,33H,6-7,10,20H2,1-5H3/t27-,31?/m0/s1. The van der Waals surface area contributed by atoms with Gasteiger partial charge in [-0.15, -0.1) is 5.54 Å². The number of unbranched alkanes of at least 4 members (excludes halogenated alkanes) is 1. The van der Waals surface area contributed by atoms with Crippen LogP contribution in [0.15, 0.2) is 67.0 Å². The second-order valence-electron chi connectivity index (χ2n) is 10.7. The van der Waals surface area contributed by atoms with Crippen LogP contribution in [0.4, 0.5) is 11.4 Å². The normalized spacial score (nSPS) is 16.8. The van der Waals surface area contributed by atoms with Gasteiger partial charge in [-0.3, -0.25) is 9.78 Å². The Morgan fingerprint density at radius 2 is 1.92 bits per heavy atom. The number of amides is 1. The number of anilines is 2. The minimum Gasteiger partial charge on any atom is -0.497 e. The molecule has 1 aliphatic heterocycles. The molecule has 0 saturated heterocycles. The Morgan fingerprint density at radius 3 is 2.57 bits per heavy atom. The average molecular weight is 512 g/mol. The first-order valence-electron chi connectivity index (χ1n) is 13.1. The molecule has 1 amide bonds. The molecule has 6 heteroatoms. The zero-order valence-electron chi connectivity index (χ0n) is 22.5. The number of rotatable bonds is 7. The van der Waals surface area contributed by atoms with E-state index in [2.05, 4.69) is 89.6 Å². The largest absolute Gasteiger partial charge is 0.497 e. The first-order chi connectivity index (χ1) is 17.8. The third-order valence-electron chi connectivity index (χ3n) is 6.62. The van der Waals surface area contributed by atoms with E-state index in [4.69, 9.17) is 4.74 Å². The molecule has 2 aromatic carbocycles. The maximum atomic E-state index is 13.8. The number of nitrogens with zero attached hydrogens (tertiary/aromatic N) is 2. The lowest BCUT2D eigenvalue weighted by Gasteiger charge is -2.43. The van der Waals surface area contributed by atoms with Gasteiger partial charge in [0.15, 0.2) is 0 Å². The highest BCUT2D eigenvalue weighted by atomic mass is 28.3. The van der Waals surface area contributed by atoms with Crippen LogP contribution < -0.4 is 10.1 Å². The summed E-state index contributed by atoms with van der Waals surface area (Å²) in [6, 6.07) is 18.4. The fourth-order valence-corrected chi connectivity index (χ4v) is 5.31. The van der Waals surface area contributed by atoms with Gasteiger partial charge in [0.2, 0.25) is 0 Å². The SMILES string of the molecule is CCCC[C@H]1Cc2cc(OC)ccc2C(c2ccc(Nc3cccnc3)cc2)N1C(=O)C#C[Si](C)(C)C. The van der Waals surface area contributed by atoms with Crippen LogP contribution in [0, 0.1) is 11.5 Å². The van der Waals surface area contributed by atoms with Gasteiger partial charge in [-0.1, -0.05) is 57.6 Å². The molecule has 1 unspecified atom stereocenters. The predicted octanol–water partition coefficient (Wildman–Crippen LogP) is 6.75. The lowest BCUT2D eigenvalue weighted by Crippen LogP contribution is -2.47. The Bertz CT molecular complexity index is 1270. The summed E-state index contributed by atoms with van der Waals surface area (Å²) < 4.78 is 5.55. The highest BCUT2D eigenvalue weighted by Crippen LogP contribution is 2.41. The van der Waals surface area contributed by atoms with E-state index in [0.29, 0.717) is 0 Å². The summed E-state index contributed by atoms with van der Waals surface area (Å²) in [5, 5.41) is 3.40. The van der Waals surface area contributed by atoms with Gasteiger partial charge in [0, 0.05) is 17.9 Å². The molecule has 0 radical (unpaired) electrons. The number of hydrogen-bond acceptors (Lipinski definition) is 4. The van der Waals surface area contributed by atoms with Gasteiger partial charge in [0.25, 0.3) is 5.91 Å². The molecule has 37 heavy (non-hydrogen) atoms. The van der Waals surface area contributed by atoms with Crippen molar-refractivity contribution < 1.29 is 9.53 Å². The molecule has 5 nitrogen and oxygen atoms in total. The predicted molar refractivity (Wildman–Crippen MR) is 154 cm³/mol. The zero-order valence-corrected chi connectivity index (χ0v) is 23.5. The second kappa shape index (κ2) is 11.7. The average Bonchev–Trinajstić information content (AvgIpc) is 2.90. The summed E-state index contributed by atoms with van der Waals surface area (Å²) in [5.74, 6) is 3.82. The number of ether oxygens (including phenoxy) is 1. The Labute approximate surface area is 222 Å². The van der Waals surface area contributed by atoms with Crippen LogP contribution in [0.2, 0.25) is 19.6 Å². The molecule has 4 rings (SSSR count).